The number of nitrogens with one attached hydrogen (secondary N) is 2. The molecular weight excluding hydrogens is 350 g/mol. The summed E-state index contributed by atoms with van der Waals surface area (Å²) in [5.74, 6) is 0.761. The maximum atomic E-state index is 12.2. The van der Waals surface area contributed by atoms with Crippen LogP contribution in [-0.2, 0) is 0 Å². The summed E-state index contributed by atoms with van der Waals surface area (Å²) in [6.07, 6.45) is 1.62. The summed E-state index contributed by atoms with van der Waals surface area (Å²) in [6, 6.07) is 11.0. The van der Waals surface area contributed by atoms with E-state index in [2.05, 4.69) is 17.2 Å². The van der Waals surface area contributed by atoms with E-state index >= 15 is 0 Å². The van der Waals surface area contributed by atoms with Crippen LogP contribution in [0.3, 0.4) is 0 Å². The summed E-state index contributed by atoms with van der Waals surface area (Å²) in [6.45, 7) is 4.79. The van der Waals surface area contributed by atoms with Crippen molar-refractivity contribution in [2.75, 3.05) is 32.1 Å². The molecule has 0 radical (unpaired) electrons. The number of hydrogen-bond donors (Lipinski definition) is 2. The Kier molecular flexibility index (Phi) is 7.18. The summed E-state index contributed by atoms with van der Waals surface area (Å²) in [5, 5.41) is 16.5. The first-order valence-corrected chi connectivity index (χ1v) is 8.23. The Morgan fingerprint density at radius 1 is 1.19 bits per heavy atom. The van der Waals surface area contributed by atoms with Crippen molar-refractivity contribution in [1.29, 1.82) is 0 Å². The molecular formula is C19H21N3O5. The standard InChI is InChI=1S/C19H21N3O5/c1-3-12-27-17-9-4-14(13-18(17)26-2)19(23)21-11-10-20-15-5-7-16(8-6-15)22(24)25/h3-9,13,20H,1,10-12H2,2H3,(H,21,23). The smallest absolute Gasteiger partial charge is 0.269 e. The van der Waals surface area contributed by atoms with Gasteiger partial charge in [-0.25, -0.2) is 0 Å². The van der Waals surface area contributed by atoms with Crippen molar-refractivity contribution in [2.45, 2.75) is 0 Å². The van der Waals surface area contributed by atoms with Gasteiger partial charge in [-0.1, -0.05) is 12.7 Å². The van der Waals surface area contributed by atoms with Crippen LogP contribution >= 0.6 is 0 Å². The van der Waals surface area contributed by atoms with Crippen LogP contribution in [0.1, 0.15) is 10.4 Å². The first-order valence-electron chi connectivity index (χ1n) is 8.23. The Bertz CT molecular complexity index is 805. The Morgan fingerprint density at radius 3 is 2.56 bits per heavy atom. The number of ether oxygens (including phenoxy) is 2. The maximum Gasteiger partial charge on any atom is 0.269 e. The molecule has 0 atom stereocenters. The monoisotopic (exact) mass is 371 g/mol. The predicted octanol–water partition coefficient (Wildman–Crippen LogP) is 3.01. The highest BCUT2D eigenvalue weighted by atomic mass is 16.6. The number of non-ortho nitro benzene ring substituents is 1. The summed E-state index contributed by atoms with van der Waals surface area (Å²) in [4.78, 5) is 22.4. The zero-order valence-corrected chi connectivity index (χ0v) is 14.9. The van der Waals surface area contributed by atoms with Crippen LogP contribution in [0.4, 0.5) is 11.4 Å². The molecule has 0 unspecified atom stereocenters. The largest absolute Gasteiger partial charge is 0.493 e. The van der Waals surface area contributed by atoms with E-state index in [0.717, 1.165) is 5.69 Å². The normalized spacial score (nSPS) is 9.96. The minimum absolute atomic E-state index is 0.0308. The van der Waals surface area contributed by atoms with Crippen LogP contribution < -0.4 is 20.1 Å². The van der Waals surface area contributed by atoms with Crippen LogP contribution in [-0.4, -0.2) is 37.6 Å². The molecule has 0 heterocycles. The molecule has 0 aromatic heterocycles. The van der Waals surface area contributed by atoms with Crippen molar-refractivity contribution in [1.82, 2.24) is 5.32 Å². The SMILES string of the molecule is C=CCOc1ccc(C(=O)NCCNc2ccc([N+](=O)[O-])cc2)cc1OC. The molecule has 2 N–H and O–H groups in total. The Morgan fingerprint density at radius 2 is 1.93 bits per heavy atom. The van der Waals surface area contributed by atoms with Gasteiger partial charge in [0.15, 0.2) is 11.5 Å². The van der Waals surface area contributed by atoms with E-state index in [4.69, 9.17) is 9.47 Å². The lowest BCUT2D eigenvalue weighted by molar-refractivity contribution is -0.384. The summed E-state index contributed by atoms with van der Waals surface area (Å²) < 4.78 is 10.7. The third kappa shape index (κ3) is 5.74. The van der Waals surface area contributed by atoms with E-state index in [1.807, 2.05) is 0 Å². The molecule has 0 aliphatic rings. The molecule has 0 aliphatic carbocycles. The second-order valence-electron chi connectivity index (χ2n) is 5.45. The zero-order chi connectivity index (χ0) is 19.6. The highest BCUT2D eigenvalue weighted by molar-refractivity contribution is 5.94. The van der Waals surface area contributed by atoms with E-state index in [9.17, 15) is 14.9 Å². The van der Waals surface area contributed by atoms with Crippen molar-refractivity contribution in [3.63, 3.8) is 0 Å². The number of methoxy groups -OCH3 is 1. The second-order valence-corrected chi connectivity index (χ2v) is 5.45. The first kappa shape index (κ1) is 19.8. The topological polar surface area (TPSA) is 103 Å². The fraction of sp³-hybridized carbons (Fsp3) is 0.211. The predicted molar refractivity (Wildman–Crippen MR) is 103 cm³/mol. The number of rotatable bonds is 10. The minimum Gasteiger partial charge on any atom is -0.493 e. The van der Waals surface area contributed by atoms with Crippen molar-refractivity contribution >= 4 is 17.3 Å². The van der Waals surface area contributed by atoms with Gasteiger partial charge in [0.1, 0.15) is 6.61 Å². The molecule has 0 saturated heterocycles. The molecule has 0 aliphatic heterocycles. The average molecular weight is 371 g/mol. The summed E-state index contributed by atoms with van der Waals surface area (Å²) >= 11 is 0. The molecule has 27 heavy (non-hydrogen) atoms. The molecule has 0 bridgehead atoms. The van der Waals surface area contributed by atoms with Gasteiger partial charge >= 0.3 is 0 Å². The summed E-state index contributed by atoms with van der Waals surface area (Å²) in [7, 11) is 1.51. The van der Waals surface area contributed by atoms with Crippen molar-refractivity contribution < 1.29 is 19.2 Å². The third-order valence-electron chi connectivity index (χ3n) is 3.60. The number of nitro benzene ring substituents is 1. The molecule has 0 saturated carbocycles. The third-order valence-corrected chi connectivity index (χ3v) is 3.60. The van der Waals surface area contributed by atoms with Crippen LogP contribution in [0.5, 0.6) is 11.5 Å². The lowest BCUT2D eigenvalue weighted by Gasteiger charge is -2.12. The van der Waals surface area contributed by atoms with Gasteiger partial charge < -0.3 is 20.1 Å². The van der Waals surface area contributed by atoms with Crippen molar-refractivity contribution in [2.24, 2.45) is 0 Å². The molecule has 2 aromatic carbocycles. The lowest BCUT2D eigenvalue weighted by atomic mass is 10.2. The molecule has 0 spiro atoms. The maximum absolute atomic E-state index is 12.2. The molecule has 8 nitrogen and oxygen atoms in total. The van der Waals surface area contributed by atoms with Crippen LogP contribution in [0.25, 0.3) is 0 Å². The van der Waals surface area contributed by atoms with E-state index < -0.39 is 4.92 Å². The van der Waals surface area contributed by atoms with Gasteiger partial charge in [0.25, 0.3) is 11.6 Å². The number of carbonyl (C=O) groups is 1. The van der Waals surface area contributed by atoms with E-state index in [1.54, 1.807) is 36.4 Å². The highest BCUT2D eigenvalue weighted by Crippen LogP contribution is 2.28. The van der Waals surface area contributed by atoms with E-state index in [-0.39, 0.29) is 11.6 Å². The fourth-order valence-electron chi connectivity index (χ4n) is 2.26. The van der Waals surface area contributed by atoms with Gasteiger partial charge in [-0.3, -0.25) is 14.9 Å². The molecule has 0 fully saturated rings. The number of benzene rings is 2. The van der Waals surface area contributed by atoms with Gasteiger partial charge in [-0.2, -0.15) is 0 Å². The number of carbonyl (C=O) groups excluding carboxylic acids is 1. The molecule has 142 valence electrons. The average Bonchev–Trinajstić information content (AvgIpc) is 2.69. The second kappa shape index (κ2) is 9.81. The van der Waals surface area contributed by atoms with Gasteiger partial charge in [-0.05, 0) is 30.3 Å². The minimum atomic E-state index is -0.452. The Labute approximate surface area is 156 Å². The van der Waals surface area contributed by atoms with Crippen molar-refractivity contribution in [3.8, 4) is 11.5 Å². The summed E-state index contributed by atoms with van der Waals surface area (Å²) in [5.41, 5.74) is 1.22. The first-order chi connectivity index (χ1) is 13.0. The number of hydrogen-bond acceptors (Lipinski definition) is 6. The number of nitrogens with zero attached hydrogens (tertiary/aromatic N) is 1. The highest BCUT2D eigenvalue weighted by Gasteiger charge is 2.11. The van der Waals surface area contributed by atoms with Crippen LogP contribution in [0, 0.1) is 10.1 Å². The van der Waals surface area contributed by atoms with E-state index in [1.165, 1.54) is 19.2 Å². The fourth-order valence-corrected chi connectivity index (χ4v) is 2.26. The van der Waals surface area contributed by atoms with Gasteiger partial charge in [0, 0.05) is 36.5 Å². The number of amides is 1. The number of anilines is 1. The number of nitro groups is 1. The molecule has 8 heteroatoms. The zero-order valence-electron chi connectivity index (χ0n) is 14.9. The molecule has 2 rings (SSSR count). The van der Waals surface area contributed by atoms with Gasteiger partial charge in [0.05, 0.1) is 12.0 Å². The van der Waals surface area contributed by atoms with Gasteiger partial charge in [-0.15, -0.1) is 0 Å². The Hall–Kier alpha value is -3.55. The molecule has 2 aromatic rings. The lowest BCUT2D eigenvalue weighted by Crippen LogP contribution is -2.28. The van der Waals surface area contributed by atoms with Crippen LogP contribution in [0.2, 0.25) is 0 Å². The molecule has 1 amide bonds. The quantitative estimate of drug-likeness (QED) is 0.288. The van der Waals surface area contributed by atoms with Crippen LogP contribution in [0.15, 0.2) is 55.1 Å². The van der Waals surface area contributed by atoms with Crippen molar-refractivity contribution in [3.05, 3.63) is 70.8 Å². The van der Waals surface area contributed by atoms with E-state index in [0.29, 0.717) is 36.8 Å². The van der Waals surface area contributed by atoms with Gasteiger partial charge in [0.2, 0.25) is 0 Å². The Balaban J connectivity index is 1.84.